The number of hydrogen-bond acceptors (Lipinski definition) is 4. The van der Waals surface area contributed by atoms with Crippen LogP contribution in [0, 0.1) is 5.82 Å². The Bertz CT molecular complexity index is 759. The second-order valence-corrected chi connectivity index (χ2v) is 7.91. The summed E-state index contributed by atoms with van der Waals surface area (Å²) < 4.78 is 13.4. The van der Waals surface area contributed by atoms with Crippen LogP contribution in [0.5, 0.6) is 0 Å². The highest BCUT2D eigenvalue weighted by Crippen LogP contribution is 2.20. The smallest absolute Gasteiger partial charge is 0.191 e. The number of thiazole rings is 1. The molecule has 8 heteroatoms. The molecule has 1 aliphatic rings. The predicted molar refractivity (Wildman–Crippen MR) is 127 cm³/mol. The molecule has 1 aromatic carbocycles. The topological polar surface area (TPSA) is 52.6 Å². The van der Waals surface area contributed by atoms with Crippen LogP contribution in [0.2, 0.25) is 0 Å². The molecule has 5 nitrogen and oxygen atoms in total. The fourth-order valence-electron chi connectivity index (χ4n) is 3.26. The van der Waals surface area contributed by atoms with Crippen LogP contribution in [0.4, 0.5) is 10.1 Å². The second-order valence-electron chi connectivity index (χ2n) is 6.71. The Kier molecular flexibility index (Phi) is 9.43. The van der Waals surface area contributed by atoms with Gasteiger partial charge in [0, 0.05) is 55.9 Å². The lowest BCUT2D eigenvalue weighted by Gasteiger charge is -2.34. The van der Waals surface area contributed by atoms with Crippen molar-refractivity contribution in [2.45, 2.75) is 38.6 Å². The third-order valence-corrected chi connectivity index (χ3v) is 6.02. The standard InChI is InChI=1S/C20H28FN5S.HI/c1-3-18-14-24-19(27-18)7-10-23-20(22-2)25-16-8-11-26(12-9-16)17-6-4-5-15(21)13-17;/h4-6,13-14,16H,3,7-12H2,1-2H3,(H2,22,23,25);1H. The van der Waals surface area contributed by atoms with E-state index >= 15 is 0 Å². The molecular formula is C20H29FIN5S. The van der Waals surface area contributed by atoms with Gasteiger partial charge >= 0.3 is 0 Å². The maximum absolute atomic E-state index is 13.4. The molecule has 3 rings (SSSR count). The van der Waals surface area contributed by atoms with Crippen molar-refractivity contribution in [1.29, 1.82) is 0 Å². The van der Waals surface area contributed by atoms with E-state index in [0.717, 1.165) is 57.0 Å². The first-order chi connectivity index (χ1) is 13.2. The normalized spacial score (nSPS) is 15.2. The number of halogens is 2. The zero-order valence-electron chi connectivity index (χ0n) is 16.4. The van der Waals surface area contributed by atoms with Gasteiger partial charge < -0.3 is 15.5 Å². The summed E-state index contributed by atoms with van der Waals surface area (Å²) >= 11 is 1.78. The number of nitrogens with zero attached hydrogens (tertiary/aromatic N) is 3. The summed E-state index contributed by atoms with van der Waals surface area (Å²) in [5.74, 6) is 0.662. The highest BCUT2D eigenvalue weighted by Gasteiger charge is 2.20. The van der Waals surface area contributed by atoms with E-state index in [1.165, 1.54) is 16.0 Å². The molecule has 2 heterocycles. The molecule has 0 bridgehead atoms. The lowest BCUT2D eigenvalue weighted by atomic mass is 10.0. The van der Waals surface area contributed by atoms with E-state index in [1.54, 1.807) is 30.5 Å². The molecule has 0 saturated carbocycles. The van der Waals surface area contributed by atoms with Gasteiger partial charge in [0.1, 0.15) is 5.82 Å². The van der Waals surface area contributed by atoms with Crippen LogP contribution in [-0.2, 0) is 12.8 Å². The summed E-state index contributed by atoms with van der Waals surface area (Å²) in [6.45, 7) is 4.80. The molecule has 0 unspecified atom stereocenters. The summed E-state index contributed by atoms with van der Waals surface area (Å²) in [6.07, 6.45) is 5.93. The molecule has 154 valence electrons. The van der Waals surface area contributed by atoms with Gasteiger partial charge in [-0.25, -0.2) is 9.37 Å². The second kappa shape index (κ2) is 11.5. The Labute approximate surface area is 187 Å². The molecule has 0 radical (unpaired) electrons. The predicted octanol–water partition coefficient (Wildman–Crippen LogP) is 3.84. The van der Waals surface area contributed by atoms with Crippen molar-refractivity contribution in [3.05, 3.63) is 46.2 Å². The molecule has 1 fully saturated rings. The van der Waals surface area contributed by atoms with Crippen LogP contribution >= 0.6 is 35.3 Å². The molecule has 0 spiro atoms. The van der Waals surface area contributed by atoms with Crippen LogP contribution in [0.3, 0.4) is 0 Å². The van der Waals surface area contributed by atoms with Crippen LogP contribution in [-0.4, -0.2) is 43.7 Å². The number of rotatable bonds is 6. The molecule has 28 heavy (non-hydrogen) atoms. The first-order valence-electron chi connectivity index (χ1n) is 9.59. The van der Waals surface area contributed by atoms with E-state index < -0.39 is 0 Å². The van der Waals surface area contributed by atoms with Crippen molar-refractivity contribution in [2.24, 2.45) is 4.99 Å². The highest BCUT2D eigenvalue weighted by atomic mass is 127. The number of aryl methyl sites for hydroxylation is 1. The summed E-state index contributed by atoms with van der Waals surface area (Å²) in [7, 11) is 1.80. The number of nitrogens with one attached hydrogen (secondary N) is 2. The zero-order chi connectivity index (χ0) is 19.1. The average molecular weight is 517 g/mol. The summed E-state index contributed by atoms with van der Waals surface area (Å²) in [5.41, 5.74) is 0.964. The van der Waals surface area contributed by atoms with Crippen molar-refractivity contribution >= 4 is 47.0 Å². The maximum atomic E-state index is 13.4. The molecule has 1 saturated heterocycles. The molecule has 2 aromatic rings. The summed E-state index contributed by atoms with van der Waals surface area (Å²) in [4.78, 5) is 12.4. The van der Waals surface area contributed by atoms with Crippen LogP contribution in [0.1, 0.15) is 29.7 Å². The monoisotopic (exact) mass is 517 g/mol. The minimum atomic E-state index is -0.177. The van der Waals surface area contributed by atoms with Gasteiger partial charge in [-0.15, -0.1) is 35.3 Å². The van der Waals surface area contributed by atoms with Crippen molar-refractivity contribution in [2.75, 3.05) is 31.6 Å². The Hall–Kier alpha value is -1.42. The molecule has 2 N–H and O–H groups in total. The number of aliphatic imine (C=N–C) groups is 1. The fraction of sp³-hybridized carbons (Fsp3) is 0.500. The van der Waals surface area contributed by atoms with Crippen LogP contribution in [0.25, 0.3) is 0 Å². The number of anilines is 1. The van der Waals surface area contributed by atoms with E-state index in [1.807, 2.05) is 12.3 Å². The lowest BCUT2D eigenvalue weighted by molar-refractivity contribution is 0.461. The molecule has 0 aliphatic carbocycles. The molecule has 0 atom stereocenters. The maximum Gasteiger partial charge on any atom is 0.191 e. The van der Waals surface area contributed by atoms with Gasteiger partial charge in [0.05, 0.1) is 5.01 Å². The fourth-order valence-corrected chi connectivity index (χ4v) is 4.12. The number of benzene rings is 1. The van der Waals surface area contributed by atoms with Crippen molar-refractivity contribution in [1.82, 2.24) is 15.6 Å². The third-order valence-electron chi connectivity index (χ3n) is 4.81. The molecule has 0 amide bonds. The van der Waals surface area contributed by atoms with Crippen molar-refractivity contribution in [3.8, 4) is 0 Å². The summed E-state index contributed by atoms with van der Waals surface area (Å²) in [6, 6.07) is 7.22. The van der Waals surface area contributed by atoms with Crippen LogP contribution < -0.4 is 15.5 Å². The number of piperidine rings is 1. The lowest BCUT2D eigenvalue weighted by Crippen LogP contribution is -2.49. The van der Waals surface area contributed by atoms with Gasteiger partial charge in [0.2, 0.25) is 0 Å². The number of aromatic nitrogens is 1. The van der Waals surface area contributed by atoms with Gasteiger partial charge in [-0.05, 0) is 37.5 Å². The number of hydrogen-bond donors (Lipinski definition) is 2. The van der Waals surface area contributed by atoms with Gasteiger partial charge in [-0.3, -0.25) is 4.99 Å². The molecule has 1 aliphatic heterocycles. The first kappa shape index (κ1) is 22.9. The minimum absolute atomic E-state index is 0. The Morgan fingerprint density at radius 3 is 2.79 bits per heavy atom. The van der Waals surface area contributed by atoms with E-state index in [0.29, 0.717) is 6.04 Å². The Balaban J connectivity index is 0.00000280. The van der Waals surface area contributed by atoms with Gasteiger partial charge in [-0.1, -0.05) is 13.0 Å². The van der Waals surface area contributed by atoms with Crippen LogP contribution in [0.15, 0.2) is 35.5 Å². The van der Waals surface area contributed by atoms with E-state index in [9.17, 15) is 4.39 Å². The summed E-state index contributed by atoms with van der Waals surface area (Å²) in [5, 5.41) is 8.06. The van der Waals surface area contributed by atoms with Crippen molar-refractivity contribution in [3.63, 3.8) is 0 Å². The van der Waals surface area contributed by atoms with E-state index in [4.69, 9.17) is 0 Å². The van der Waals surface area contributed by atoms with E-state index in [2.05, 4.69) is 32.4 Å². The zero-order valence-corrected chi connectivity index (χ0v) is 19.6. The highest BCUT2D eigenvalue weighted by molar-refractivity contribution is 14.0. The average Bonchev–Trinajstić information content (AvgIpc) is 3.16. The minimum Gasteiger partial charge on any atom is -0.371 e. The molecule has 1 aromatic heterocycles. The molecular weight excluding hydrogens is 488 g/mol. The first-order valence-corrected chi connectivity index (χ1v) is 10.4. The third kappa shape index (κ3) is 6.58. The number of guanidine groups is 1. The van der Waals surface area contributed by atoms with Gasteiger partial charge in [-0.2, -0.15) is 0 Å². The largest absolute Gasteiger partial charge is 0.371 e. The van der Waals surface area contributed by atoms with E-state index in [-0.39, 0.29) is 29.8 Å². The Morgan fingerprint density at radius 2 is 2.14 bits per heavy atom. The quantitative estimate of drug-likeness (QED) is 0.348. The van der Waals surface area contributed by atoms with Gasteiger partial charge in [0.15, 0.2) is 5.96 Å². The SMILES string of the molecule is CCc1cnc(CCNC(=NC)NC2CCN(c3cccc(F)c3)CC2)s1.I. The van der Waals surface area contributed by atoms with Gasteiger partial charge in [0.25, 0.3) is 0 Å². The van der Waals surface area contributed by atoms with Crippen molar-refractivity contribution < 1.29 is 4.39 Å². The Morgan fingerprint density at radius 1 is 1.36 bits per heavy atom.